The van der Waals surface area contributed by atoms with Gasteiger partial charge in [-0.1, -0.05) is 11.8 Å². The van der Waals surface area contributed by atoms with E-state index in [1.165, 1.54) is 12.8 Å². The van der Waals surface area contributed by atoms with Crippen LogP contribution in [0.25, 0.3) is 11.4 Å². The first-order chi connectivity index (χ1) is 9.90. The summed E-state index contributed by atoms with van der Waals surface area (Å²) >= 11 is 1.76. The standard InChI is InChI=1S/C14H18N4OS/c1-19-8-3-9-20-14-17-16-13(18(14)12-5-6-12)11-4-2-7-15-10-11/h2,4,7,10,12H,3,5-6,8-9H2,1H3. The molecule has 2 heterocycles. The first-order valence-electron chi connectivity index (χ1n) is 6.87. The van der Waals surface area contributed by atoms with Crippen molar-refractivity contribution in [1.82, 2.24) is 19.7 Å². The monoisotopic (exact) mass is 290 g/mol. The Morgan fingerprint density at radius 2 is 2.30 bits per heavy atom. The summed E-state index contributed by atoms with van der Waals surface area (Å²) < 4.78 is 7.35. The van der Waals surface area contributed by atoms with Gasteiger partial charge in [0.1, 0.15) is 0 Å². The Morgan fingerprint density at radius 3 is 3.00 bits per heavy atom. The smallest absolute Gasteiger partial charge is 0.191 e. The maximum absolute atomic E-state index is 5.08. The van der Waals surface area contributed by atoms with Crippen LogP contribution in [-0.2, 0) is 4.74 Å². The molecule has 0 N–H and O–H groups in total. The molecule has 0 bridgehead atoms. The predicted molar refractivity (Wildman–Crippen MR) is 78.7 cm³/mol. The average Bonchev–Trinajstić information content (AvgIpc) is 3.25. The number of ether oxygens (including phenoxy) is 1. The number of thioether (sulfide) groups is 1. The van der Waals surface area contributed by atoms with E-state index in [-0.39, 0.29) is 0 Å². The van der Waals surface area contributed by atoms with Crippen LogP contribution >= 0.6 is 11.8 Å². The van der Waals surface area contributed by atoms with E-state index < -0.39 is 0 Å². The summed E-state index contributed by atoms with van der Waals surface area (Å²) in [5.41, 5.74) is 1.04. The summed E-state index contributed by atoms with van der Waals surface area (Å²) in [6.45, 7) is 0.792. The lowest BCUT2D eigenvalue weighted by molar-refractivity contribution is 0.200. The highest BCUT2D eigenvalue weighted by atomic mass is 32.2. The molecule has 1 saturated carbocycles. The summed E-state index contributed by atoms with van der Waals surface area (Å²) in [6, 6.07) is 4.53. The topological polar surface area (TPSA) is 52.8 Å². The zero-order valence-electron chi connectivity index (χ0n) is 11.5. The van der Waals surface area contributed by atoms with Crippen molar-refractivity contribution in [1.29, 1.82) is 0 Å². The van der Waals surface area contributed by atoms with Gasteiger partial charge in [0.2, 0.25) is 0 Å². The maximum atomic E-state index is 5.08. The molecule has 5 nitrogen and oxygen atoms in total. The van der Waals surface area contributed by atoms with Crippen LogP contribution in [0.3, 0.4) is 0 Å². The second-order valence-corrected chi connectivity index (χ2v) is 5.91. The summed E-state index contributed by atoms with van der Waals surface area (Å²) in [5.74, 6) is 1.95. The van der Waals surface area contributed by atoms with E-state index in [0.29, 0.717) is 6.04 Å². The molecule has 0 radical (unpaired) electrons. The van der Waals surface area contributed by atoms with E-state index in [0.717, 1.165) is 35.3 Å². The average molecular weight is 290 g/mol. The van der Waals surface area contributed by atoms with Crippen molar-refractivity contribution in [2.24, 2.45) is 0 Å². The molecule has 2 aromatic heterocycles. The van der Waals surface area contributed by atoms with E-state index >= 15 is 0 Å². The van der Waals surface area contributed by atoms with E-state index in [4.69, 9.17) is 4.74 Å². The summed E-state index contributed by atoms with van der Waals surface area (Å²) in [4.78, 5) is 4.17. The normalized spacial score (nSPS) is 14.7. The highest BCUT2D eigenvalue weighted by Crippen LogP contribution is 2.40. The zero-order valence-corrected chi connectivity index (χ0v) is 12.3. The van der Waals surface area contributed by atoms with Crippen LogP contribution in [0.4, 0.5) is 0 Å². The minimum Gasteiger partial charge on any atom is -0.385 e. The first kappa shape index (κ1) is 13.6. The Bertz CT molecular complexity index is 554. The molecule has 1 aliphatic rings. The van der Waals surface area contributed by atoms with Crippen LogP contribution < -0.4 is 0 Å². The first-order valence-corrected chi connectivity index (χ1v) is 7.85. The highest BCUT2D eigenvalue weighted by molar-refractivity contribution is 7.99. The van der Waals surface area contributed by atoms with Crippen LogP contribution in [0.2, 0.25) is 0 Å². The highest BCUT2D eigenvalue weighted by Gasteiger charge is 2.30. The molecule has 0 aromatic carbocycles. The molecule has 6 heteroatoms. The lowest BCUT2D eigenvalue weighted by atomic mass is 10.3. The fourth-order valence-corrected chi connectivity index (χ4v) is 3.01. The Balaban J connectivity index is 1.80. The Kier molecular flexibility index (Phi) is 4.32. The number of methoxy groups -OCH3 is 1. The lowest BCUT2D eigenvalue weighted by Gasteiger charge is -2.08. The van der Waals surface area contributed by atoms with Crippen molar-refractivity contribution >= 4 is 11.8 Å². The Labute approximate surface area is 122 Å². The Hall–Kier alpha value is -1.40. The number of pyridine rings is 1. The van der Waals surface area contributed by atoms with Crippen LogP contribution in [0.15, 0.2) is 29.7 Å². The van der Waals surface area contributed by atoms with Crippen molar-refractivity contribution in [3.05, 3.63) is 24.5 Å². The largest absolute Gasteiger partial charge is 0.385 e. The number of aromatic nitrogens is 4. The van der Waals surface area contributed by atoms with Gasteiger partial charge in [0, 0.05) is 43.5 Å². The van der Waals surface area contributed by atoms with E-state index in [2.05, 4.69) is 19.7 Å². The molecule has 3 rings (SSSR count). The number of hydrogen-bond donors (Lipinski definition) is 0. The summed E-state index contributed by atoms with van der Waals surface area (Å²) in [5, 5.41) is 9.74. The van der Waals surface area contributed by atoms with Gasteiger partial charge >= 0.3 is 0 Å². The molecule has 0 unspecified atom stereocenters. The molecule has 1 fully saturated rings. The zero-order chi connectivity index (χ0) is 13.8. The minimum absolute atomic E-state index is 0.560. The van der Waals surface area contributed by atoms with Gasteiger partial charge in [-0.2, -0.15) is 0 Å². The van der Waals surface area contributed by atoms with Gasteiger partial charge in [0.05, 0.1) is 0 Å². The molecule has 2 aromatic rings. The predicted octanol–water partition coefficient (Wildman–Crippen LogP) is 2.80. The van der Waals surface area contributed by atoms with Crippen LogP contribution in [0, 0.1) is 0 Å². The van der Waals surface area contributed by atoms with Gasteiger partial charge < -0.3 is 4.74 Å². The van der Waals surface area contributed by atoms with E-state index in [9.17, 15) is 0 Å². The van der Waals surface area contributed by atoms with Crippen molar-refractivity contribution in [3.8, 4) is 11.4 Å². The van der Waals surface area contributed by atoms with E-state index in [1.54, 1.807) is 25.1 Å². The van der Waals surface area contributed by atoms with Crippen molar-refractivity contribution in [2.75, 3.05) is 19.5 Å². The van der Waals surface area contributed by atoms with Gasteiger partial charge in [-0.3, -0.25) is 9.55 Å². The second kappa shape index (κ2) is 6.37. The number of rotatable bonds is 7. The molecule has 0 atom stereocenters. The lowest BCUT2D eigenvalue weighted by Crippen LogP contribution is -2.00. The quantitative estimate of drug-likeness (QED) is 0.580. The van der Waals surface area contributed by atoms with Gasteiger partial charge in [-0.25, -0.2) is 0 Å². The summed E-state index contributed by atoms with van der Waals surface area (Å²) in [6.07, 6.45) is 7.10. The molecule has 1 aliphatic carbocycles. The minimum atomic E-state index is 0.560. The van der Waals surface area contributed by atoms with Gasteiger partial charge in [-0.05, 0) is 31.4 Å². The fourth-order valence-electron chi connectivity index (χ4n) is 2.10. The molecular formula is C14H18N4OS. The molecule has 0 aliphatic heterocycles. The molecule has 20 heavy (non-hydrogen) atoms. The van der Waals surface area contributed by atoms with Crippen molar-refractivity contribution < 1.29 is 4.74 Å². The fraction of sp³-hybridized carbons (Fsp3) is 0.500. The van der Waals surface area contributed by atoms with Crippen LogP contribution in [0.5, 0.6) is 0 Å². The molecule has 0 saturated heterocycles. The third kappa shape index (κ3) is 3.02. The molecule has 0 spiro atoms. The SMILES string of the molecule is COCCCSc1nnc(-c2cccnc2)n1C1CC1. The van der Waals surface area contributed by atoms with Gasteiger partial charge in [-0.15, -0.1) is 10.2 Å². The second-order valence-electron chi connectivity index (χ2n) is 4.84. The number of hydrogen-bond acceptors (Lipinski definition) is 5. The van der Waals surface area contributed by atoms with Gasteiger partial charge in [0.15, 0.2) is 11.0 Å². The third-order valence-electron chi connectivity index (χ3n) is 3.22. The maximum Gasteiger partial charge on any atom is 0.191 e. The van der Waals surface area contributed by atoms with Crippen molar-refractivity contribution in [2.45, 2.75) is 30.5 Å². The Morgan fingerprint density at radius 1 is 1.40 bits per heavy atom. The van der Waals surface area contributed by atoms with Gasteiger partial charge in [0.25, 0.3) is 0 Å². The van der Waals surface area contributed by atoms with Crippen LogP contribution in [-0.4, -0.2) is 39.2 Å². The van der Waals surface area contributed by atoms with Crippen LogP contribution in [0.1, 0.15) is 25.3 Å². The van der Waals surface area contributed by atoms with E-state index in [1.807, 2.05) is 18.3 Å². The van der Waals surface area contributed by atoms with Crippen molar-refractivity contribution in [3.63, 3.8) is 0 Å². The summed E-state index contributed by atoms with van der Waals surface area (Å²) in [7, 11) is 1.73. The molecular weight excluding hydrogens is 272 g/mol. The number of nitrogens with zero attached hydrogens (tertiary/aromatic N) is 4. The molecule has 0 amide bonds. The molecule has 106 valence electrons. The third-order valence-corrected chi connectivity index (χ3v) is 4.25.